The smallest absolute Gasteiger partial charge is 0.247 e. The van der Waals surface area contributed by atoms with E-state index in [0.29, 0.717) is 5.95 Å². The van der Waals surface area contributed by atoms with Gasteiger partial charge in [0.2, 0.25) is 5.95 Å². The van der Waals surface area contributed by atoms with Crippen LogP contribution in [0.4, 0.5) is 11.6 Å². The van der Waals surface area contributed by atoms with E-state index in [-0.39, 0.29) is 0 Å². The maximum absolute atomic E-state index is 4.28. The number of nitrogens with zero attached hydrogens (tertiary/aromatic N) is 3. The Morgan fingerprint density at radius 1 is 0.933 bits per heavy atom. The Balaban J connectivity index is 2.22. The monoisotopic (exact) mass is 200 g/mol. The first-order chi connectivity index (χ1) is 7.25. The number of hydrogen-bond donors (Lipinski definition) is 1. The minimum atomic E-state index is 0.532. The fraction of sp³-hybridized carbons (Fsp3) is 0.182. The van der Waals surface area contributed by atoms with Crippen molar-refractivity contribution in [2.24, 2.45) is 0 Å². The fourth-order valence-electron chi connectivity index (χ4n) is 1.16. The molecular formula is C11H12N4. The van der Waals surface area contributed by atoms with Crippen molar-refractivity contribution >= 4 is 11.6 Å². The number of aryl methyl sites for hydroxylation is 2. The van der Waals surface area contributed by atoms with Gasteiger partial charge < -0.3 is 5.32 Å². The van der Waals surface area contributed by atoms with Crippen molar-refractivity contribution < 1.29 is 0 Å². The van der Waals surface area contributed by atoms with Crippen molar-refractivity contribution in [1.82, 2.24) is 15.2 Å². The molecule has 2 rings (SSSR count). The van der Waals surface area contributed by atoms with Gasteiger partial charge in [0.1, 0.15) is 0 Å². The Morgan fingerprint density at radius 3 is 2.33 bits per heavy atom. The van der Waals surface area contributed by atoms with Gasteiger partial charge in [-0.15, -0.1) is 5.10 Å². The molecule has 4 heteroatoms. The van der Waals surface area contributed by atoms with Crippen molar-refractivity contribution in [2.75, 3.05) is 5.32 Å². The summed E-state index contributed by atoms with van der Waals surface area (Å²) in [5, 5.41) is 11.0. The number of para-hydroxylation sites is 1. The second-order valence-electron chi connectivity index (χ2n) is 3.30. The molecule has 0 amide bonds. The molecule has 4 nitrogen and oxygen atoms in total. The van der Waals surface area contributed by atoms with E-state index in [2.05, 4.69) is 20.5 Å². The minimum Gasteiger partial charge on any atom is -0.323 e. The highest BCUT2D eigenvalue weighted by atomic mass is 15.2. The third-order valence-corrected chi connectivity index (χ3v) is 2.12. The van der Waals surface area contributed by atoms with Crippen LogP contribution in [0.5, 0.6) is 0 Å². The highest BCUT2D eigenvalue weighted by molar-refractivity contribution is 5.52. The van der Waals surface area contributed by atoms with E-state index in [0.717, 1.165) is 17.1 Å². The van der Waals surface area contributed by atoms with Crippen LogP contribution in [-0.4, -0.2) is 15.2 Å². The fourth-order valence-corrected chi connectivity index (χ4v) is 1.16. The summed E-state index contributed by atoms with van der Waals surface area (Å²) >= 11 is 0. The standard InChI is InChI=1S/C11H12N4/c1-8-9(2)14-15-11(12-8)13-10-6-4-3-5-7-10/h3-7H,1-2H3,(H,12,13,15). The van der Waals surface area contributed by atoms with Gasteiger partial charge in [0, 0.05) is 5.69 Å². The second kappa shape index (κ2) is 4.04. The molecule has 0 radical (unpaired) electrons. The number of hydrogen-bond acceptors (Lipinski definition) is 4. The first kappa shape index (κ1) is 9.58. The van der Waals surface area contributed by atoms with Gasteiger partial charge in [-0.3, -0.25) is 0 Å². The summed E-state index contributed by atoms with van der Waals surface area (Å²) < 4.78 is 0. The van der Waals surface area contributed by atoms with E-state index in [1.54, 1.807) is 0 Å². The summed E-state index contributed by atoms with van der Waals surface area (Å²) in [5.41, 5.74) is 2.71. The van der Waals surface area contributed by atoms with Crippen LogP contribution >= 0.6 is 0 Å². The molecule has 0 aliphatic rings. The van der Waals surface area contributed by atoms with E-state index in [1.807, 2.05) is 44.2 Å². The molecule has 1 aromatic heterocycles. The summed E-state index contributed by atoms with van der Waals surface area (Å²) in [7, 11) is 0. The van der Waals surface area contributed by atoms with Crippen LogP contribution in [-0.2, 0) is 0 Å². The van der Waals surface area contributed by atoms with E-state index in [1.165, 1.54) is 0 Å². The Hall–Kier alpha value is -1.97. The molecule has 0 saturated heterocycles. The molecule has 0 fully saturated rings. The van der Waals surface area contributed by atoms with Crippen LogP contribution in [0.3, 0.4) is 0 Å². The summed E-state index contributed by atoms with van der Waals surface area (Å²) in [6, 6.07) is 9.79. The van der Waals surface area contributed by atoms with E-state index >= 15 is 0 Å². The Morgan fingerprint density at radius 2 is 1.67 bits per heavy atom. The number of aromatic nitrogens is 3. The summed E-state index contributed by atoms with van der Waals surface area (Å²) in [5.74, 6) is 0.532. The molecule has 15 heavy (non-hydrogen) atoms. The second-order valence-corrected chi connectivity index (χ2v) is 3.30. The SMILES string of the molecule is Cc1nnc(Nc2ccccc2)nc1C. The lowest BCUT2D eigenvalue weighted by atomic mass is 10.3. The van der Waals surface area contributed by atoms with Gasteiger partial charge in [-0.05, 0) is 26.0 Å². The first-order valence-electron chi connectivity index (χ1n) is 4.76. The van der Waals surface area contributed by atoms with Gasteiger partial charge in [-0.2, -0.15) is 5.10 Å². The lowest BCUT2D eigenvalue weighted by Gasteiger charge is -2.04. The molecule has 0 unspecified atom stereocenters. The van der Waals surface area contributed by atoms with Gasteiger partial charge in [-0.1, -0.05) is 18.2 Å². The molecular weight excluding hydrogens is 188 g/mol. The van der Waals surface area contributed by atoms with Crippen LogP contribution in [0.25, 0.3) is 0 Å². The normalized spacial score (nSPS) is 10.0. The Labute approximate surface area is 88.4 Å². The quantitative estimate of drug-likeness (QED) is 0.807. The molecule has 0 saturated carbocycles. The van der Waals surface area contributed by atoms with Crippen molar-refractivity contribution in [1.29, 1.82) is 0 Å². The average molecular weight is 200 g/mol. The molecule has 0 aliphatic carbocycles. The summed E-state index contributed by atoms with van der Waals surface area (Å²) in [4.78, 5) is 4.28. The molecule has 0 atom stereocenters. The third-order valence-electron chi connectivity index (χ3n) is 2.12. The van der Waals surface area contributed by atoms with Crippen LogP contribution in [0.1, 0.15) is 11.4 Å². The van der Waals surface area contributed by atoms with Gasteiger partial charge in [0.15, 0.2) is 0 Å². The number of nitrogens with one attached hydrogen (secondary N) is 1. The predicted molar refractivity (Wildman–Crippen MR) is 59.0 cm³/mol. The van der Waals surface area contributed by atoms with E-state index in [4.69, 9.17) is 0 Å². The van der Waals surface area contributed by atoms with E-state index < -0.39 is 0 Å². The van der Waals surface area contributed by atoms with Crippen molar-refractivity contribution in [3.63, 3.8) is 0 Å². The lowest BCUT2D eigenvalue weighted by molar-refractivity contribution is 0.905. The van der Waals surface area contributed by atoms with Gasteiger partial charge in [0.25, 0.3) is 0 Å². The average Bonchev–Trinajstić information content (AvgIpc) is 2.25. The topological polar surface area (TPSA) is 50.7 Å². The third kappa shape index (κ3) is 2.28. The molecule has 1 heterocycles. The Bertz CT molecular complexity index is 453. The maximum Gasteiger partial charge on any atom is 0.247 e. The van der Waals surface area contributed by atoms with Gasteiger partial charge in [0.05, 0.1) is 11.4 Å². The van der Waals surface area contributed by atoms with Crippen molar-refractivity contribution in [2.45, 2.75) is 13.8 Å². The highest BCUT2D eigenvalue weighted by Crippen LogP contribution is 2.11. The number of benzene rings is 1. The van der Waals surface area contributed by atoms with E-state index in [9.17, 15) is 0 Å². The Kier molecular flexibility index (Phi) is 2.58. The molecule has 1 N–H and O–H groups in total. The molecule has 0 aliphatic heterocycles. The molecule has 2 aromatic rings. The van der Waals surface area contributed by atoms with Crippen molar-refractivity contribution in [3.8, 4) is 0 Å². The van der Waals surface area contributed by atoms with Crippen LogP contribution in [0.15, 0.2) is 30.3 Å². The van der Waals surface area contributed by atoms with Crippen molar-refractivity contribution in [3.05, 3.63) is 41.7 Å². The van der Waals surface area contributed by atoms with Crippen LogP contribution < -0.4 is 5.32 Å². The van der Waals surface area contributed by atoms with Gasteiger partial charge in [-0.25, -0.2) is 4.98 Å². The first-order valence-corrected chi connectivity index (χ1v) is 4.76. The zero-order valence-corrected chi connectivity index (χ0v) is 8.73. The highest BCUT2D eigenvalue weighted by Gasteiger charge is 2.00. The largest absolute Gasteiger partial charge is 0.323 e. The number of anilines is 2. The zero-order valence-electron chi connectivity index (χ0n) is 8.73. The molecule has 0 spiro atoms. The molecule has 0 bridgehead atoms. The van der Waals surface area contributed by atoms with Crippen LogP contribution in [0.2, 0.25) is 0 Å². The predicted octanol–water partition coefficient (Wildman–Crippen LogP) is 2.23. The summed E-state index contributed by atoms with van der Waals surface area (Å²) in [6.45, 7) is 3.81. The summed E-state index contributed by atoms with van der Waals surface area (Å²) in [6.07, 6.45) is 0. The minimum absolute atomic E-state index is 0.532. The molecule has 1 aromatic carbocycles. The number of rotatable bonds is 2. The maximum atomic E-state index is 4.28. The van der Waals surface area contributed by atoms with Gasteiger partial charge >= 0.3 is 0 Å². The molecule has 76 valence electrons. The zero-order chi connectivity index (χ0) is 10.7. The lowest BCUT2D eigenvalue weighted by Crippen LogP contribution is -2.02. The van der Waals surface area contributed by atoms with Crippen LogP contribution in [0, 0.1) is 13.8 Å².